The summed E-state index contributed by atoms with van der Waals surface area (Å²) >= 11 is 9.42. The molecule has 0 aromatic carbocycles. The van der Waals surface area contributed by atoms with Gasteiger partial charge in [-0.15, -0.1) is 11.3 Å². The lowest BCUT2D eigenvalue weighted by Crippen LogP contribution is -2.11. The van der Waals surface area contributed by atoms with Gasteiger partial charge in [-0.3, -0.25) is 0 Å². The SMILES string of the molecule is CCSCC(N)c1sccc1Cl. The van der Waals surface area contributed by atoms with Gasteiger partial charge in [0, 0.05) is 16.7 Å². The van der Waals surface area contributed by atoms with Gasteiger partial charge in [0.05, 0.1) is 5.02 Å². The smallest absolute Gasteiger partial charge is 0.0561 e. The highest BCUT2D eigenvalue weighted by Gasteiger charge is 2.10. The van der Waals surface area contributed by atoms with Crippen LogP contribution >= 0.6 is 34.7 Å². The lowest BCUT2D eigenvalue weighted by atomic mass is 10.3. The molecule has 1 heterocycles. The van der Waals surface area contributed by atoms with Crippen molar-refractivity contribution in [1.82, 2.24) is 0 Å². The Hall–Kier alpha value is 0.300. The quantitative estimate of drug-likeness (QED) is 0.846. The number of nitrogens with two attached hydrogens (primary N) is 1. The fourth-order valence-electron chi connectivity index (χ4n) is 0.891. The summed E-state index contributed by atoms with van der Waals surface area (Å²) in [7, 11) is 0. The molecule has 68 valence electrons. The second-order valence-corrected chi connectivity index (χ2v) is 5.07. The van der Waals surface area contributed by atoms with Gasteiger partial charge in [-0.2, -0.15) is 11.8 Å². The topological polar surface area (TPSA) is 26.0 Å². The molecular weight excluding hydrogens is 210 g/mol. The molecule has 0 aliphatic heterocycles. The highest BCUT2D eigenvalue weighted by molar-refractivity contribution is 7.99. The molecule has 1 rings (SSSR count). The van der Waals surface area contributed by atoms with Crippen LogP contribution in [0.1, 0.15) is 17.8 Å². The van der Waals surface area contributed by atoms with Crippen LogP contribution in [0, 0.1) is 0 Å². The average molecular weight is 222 g/mol. The Morgan fingerprint density at radius 2 is 2.50 bits per heavy atom. The van der Waals surface area contributed by atoms with Gasteiger partial charge in [-0.1, -0.05) is 18.5 Å². The number of rotatable bonds is 4. The molecule has 12 heavy (non-hydrogen) atoms. The first kappa shape index (κ1) is 10.4. The van der Waals surface area contributed by atoms with E-state index in [2.05, 4.69) is 6.92 Å². The van der Waals surface area contributed by atoms with E-state index in [9.17, 15) is 0 Å². The highest BCUT2D eigenvalue weighted by atomic mass is 35.5. The molecule has 0 fully saturated rings. The third-order valence-electron chi connectivity index (χ3n) is 1.48. The lowest BCUT2D eigenvalue weighted by Gasteiger charge is -2.08. The molecule has 1 atom stereocenters. The first-order chi connectivity index (χ1) is 5.75. The molecule has 0 spiro atoms. The summed E-state index contributed by atoms with van der Waals surface area (Å²) in [6, 6.07) is 2.00. The zero-order valence-electron chi connectivity index (χ0n) is 6.92. The largest absolute Gasteiger partial charge is 0.323 e. The summed E-state index contributed by atoms with van der Waals surface area (Å²) in [5.74, 6) is 2.06. The summed E-state index contributed by atoms with van der Waals surface area (Å²) in [6.45, 7) is 2.13. The number of thiophene rings is 1. The van der Waals surface area contributed by atoms with Crippen LogP contribution in [-0.2, 0) is 0 Å². The molecule has 4 heteroatoms. The molecule has 1 aromatic heterocycles. The van der Waals surface area contributed by atoms with Gasteiger partial charge in [-0.25, -0.2) is 0 Å². The van der Waals surface area contributed by atoms with E-state index in [4.69, 9.17) is 17.3 Å². The van der Waals surface area contributed by atoms with Crippen LogP contribution in [0.5, 0.6) is 0 Å². The molecule has 0 saturated heterocycles. The summed E-state index contributed by atoms with van der Waals surface area (Å²) < 4.78 is 0. The Labute approximate surface area is 86.3 Å². The van der Waals surface area contributed by atoms with Gasteiger partial charge in [0.2, 0.25) is 0 Å². The van der Waals surface area contributed by atoms with E-state index in [1.807, 2.05) is 23.2 Å². The van der Waals surface area contributed by atoms with E-state index >= 15 is 0 Å². The number of hydrogen-bond donors (Lipinski definition) is 1. The molecule has 1 aromatic rings. The molecule has 1 nitrogen and oxygen atoms in total. The highest BCUT2D eigenvalue weighted by Crippen LogP contribution is 2.28. The predicted octanol–water partition coefficient (Wildman–Crippen LogP) is 3.15. The minimum Gasteiger partial charge on any atom is -0.323 e. The standard InChI is InChI=1S/C8H12ClNS2/c1-2-11-5-7(10)8-6(9)3-4-12-8/h3-4,7H,2,5,10H2,1H3. The number of thioether (sulfide) groups is 1. The van der Waals surface area contributed by atoms with Gasteiger partial charge in [-0.05, 0) is 17.2 Å². The van der Waals surface area contributed by atoms with E-state index < -0.39 is 0 Å². The van der Waals surface area contributed by atoms with Gasteiger partial charge in [0.1, 0.15) is 0 Å². The Balaban J connectivity index is 2.52. The summed E-state index contributed by atoms with van der Waals surface area (Å²) in [4.78, 5) is 1.11. The minimum absolute atomic E-state index is 0.0995. The predicted molar refractivity (Wildman–Crippen MR) is 59.3 cm³/mol. The molecule has 0 radical (unpaired) electrons. The van der Waals surface area contributed by atoms with Crippen LogP contribution in [0.25, 0.3) is 0 Å². The summed E-state index contributed by atoms with van der Waals surface area (Å²) in [5.41, 5.74) is 5.93. The summed E-state index contributed by atoms with van der Waals surface area (Å²) in [6.07, 6.45) is 0. The van der Waals surface area contributed by atoms with Crippen molar-refractivity contribution in [2.24, 2.45) is 5.73 Å². The minimum atomic E-state index is 0.0995. The van der Waals surface area contributed by atoms with Gasteiger partial charge < -0.3 is 5.73 Å². The monoisotopic (exact) mass is 221 g/mol. The molecule has 0 aliphatic rings. The van der Waals surface area contributed by atoms with E-state index in [0.29, 0.717) is 0 Å². The van der Waals surface area contributed by atoms with Gasteiger partial charge in [0.15, 0.2) is 0 Å². The average Bonchev–Trinajstić information content (AvgIpc) is 2.47. The maximum atomic E-state index is 5.93. The van der Waals surface area contributed by atoms with Crippen LogP contribution in [0.15, 0.2) is 11.4 Å². The van der Waals surface area contributed by atoms with Crippen LogP contribution in [0.2, 0.25) is 5.02 Å². The van der Waals surface area contributed by atoms with Crippen molar-refractivity contribution in [1.29, 1.82) is 0 Å². The van der Waals surface area contributed by atoms with E-state index in [-0.39, 0.29) is 6.04 Å². The van der Waals surface area contributed by atoms with Crippen molar-refractivity contribution in [2.45, 2.75) is 13.0 Å². The van der Waals surface area contributed by atoms with Gasteiger partial charge >= 0.3 is 0 Å². The van der Waals surface area contributed by atoms with Crippen LogP contribution < -0.4 is 5.73 Å². The van der Waals surface area contributed by atoms with Gasteiger partial charge in [0.25, 0.3) is 0 Å². The molecule has 1 unspecified atom stereocenters. The fraction of sp³-hybridized carbons (Fsp3) is 0.500. The molecule has 0 aliphatic carbocycles. The van der Waals surface area contributed by atoms with Crippen molar-refractivity contribution < 1.29 is 0 Å². The molecule has 0 bridgehead atoms. The Bertz CT molecular complexity index is 237. The lowest BCUT2D eigenvalue weighted by molar-refractivity contribution is 0.852. The molecule has 0 saturated carbocycles. The second kappa shape index (κ2) is 5.12. The first-order valence-corrected chi connectivity index (χ1v) is 6.23. The van der Waals surface area contributed by atoms with Crippen molar-refractivity contribution in [3.05, 3.63) is 21.3 Å². The van der Waals surface area contributed by atoms with Crippen LogP contribution in [0.4, 0.5) is 0 Å². The van der Waals surface area contributed by atoms with Crippen molar-refractivity contribution in [3.63, 3.8) is 0 Å². The van der Waals surface area contributed by atoms with E-state index in [0.717, 1.165) is 21.4 Å². The summed E-state index contributed by atoms with van der Waals surface area (Å²) in [5, 5.41) is 2.79. The van der Waals surface area contributed by atoms with E-state index in [1.54, 1.807) is 11.3 Å². The van der Waals surface area contributed by atoms with Crippen molar-refractivity contribution >= 4 is 34.7 Å². The second-order valence-electron chi connectivity index (χ2n) is 2.40. The van der Waals surface area contributed by atoms with E-state index in [1.165, 1.54) is 0 Å². The van der Waals surface area contributed by atoms with Crippen LogP contribution in [-0.4, -0.2) is 11.5 Å². The zero-order chi connectivity index (χ0) is 8.97. The Morgan fingerprint density at radius 3 is 3.00 bits per heavy atom. The Morgan fingerprint density at radius 1 is 1.75 bits per heavy atom. The molecular formula is C8H12ClNS2. The van der Waals surface area contributed by atoms with Crippen molar-refractivity contribution in [3.8, 4) is 0 Å². The van der Waals surface area contributed by atoms with Crippen LogP contribution in [0.3, 0.4) is 0 Å². The number of halogens is 1. The maximum Gasteiger partial charge on any atom is 0.0561 e. The third kappa shape index (κ3) is 2.66. The van der Waals surface area contributed by atoms with Crippen molar-refractivity contribution in [2.75, 3.05) is 11.5 Å². The first-order valence-electron chi connectivity index (χ1n) is 3.82. The normalized spacial score (nSPS) is 13.2. The molecule has 0 amide bonds. The Kier molecular flexibility index (Phi) is 4.43. The zero-order valence-corrected chi connectivity index (χ0v) is 9.31. The third-order valence-corrected chi connectivity index (χ3v) is 3.98. The number of hydrogen-bond acceptors (Lipinski definition) is 3. The fourth-order valence-corrected chi connectivity index (χ4v) is 2.85. The maximum absolute atomic E-state index is 5.93. The molecule has 2 N–H and O–H groups in total.